The molecule has 4 heteroatoms. The Balaban J connectivity index is 1.78. The van der Waals surface area contributed by atoms with Gasteiger partial charge in [-0.05, 0) is 56.7 Å². The summed E-state index contributed by atoms with van der Waals surface area (Å²) in [5.41, 5.74) is 8.87. The van der Waals surface area contributed by atoms with Crippen molar-refractivity contribution in [2.45, 2.75) is 20.8 Å². The molecule has 4 nitrogen and oxygen atoms in total. The maximum atomic E-state index is 6.39. The number of para-hydroxylation sites is 2. The van der Waals surface area contributed by atoms with Crippen LogP contribution in [0.25, 0.3) is 50.0 Å². The zero-order chi connectivity index (χ0) is 21.1. The predicted molar refractivity (Wildman–Crippen MR) is 126 cm³/mol. The van der Waals surface area contributed by atoms with Gasteiger partial charge in [0.2, 0.25) is 0 Å². The largest absolute Gasteiger partial charge is 0.455 e. The SMILES string of the molecule is Cc1cc2c(nc(-c3ccc(C)c4c3oc3ccccc34)n2-c2ccccc2)c(C)n1. The van der Waals surface area contributed by atoms with Crippen LogP contribution in [-0.2, 0) is 0 Å². The molecule has 6 aromatic rings. The molecule has 0 aliphatic rings. The van der Waals surface area contributed by atoms with Crippen molar-refractivity contribution in [2.24, 2.45) is 0 Å². The summed E-state index contributed by atoms with van der Waals surface area (Å²) in [6, 6.07) is 25.0. The molecule has 3 heterocycles. The number of aromatic nitrogens is 3. The zero-order valence-electron chi connectivity index (χ0n) is 17.7. The molecule has 0 saturated heterocycles. The van der Waals surface area contributed by atoms with Crippen molar-refractivity contribution in [1.82, 2.24) is 14.5 Å². The van der Waals surface area contributed by atoms with E-state index < -0.39 is 0 Å². The highest BCUT2D eigenvalue weighted by Gasteiger charge is 2.21. The number of rotatable bonds is 2. The third-order valence-electron chi connectivity index (χ3n) is 5.94. The van der Waals surface area contributed by atoms with Gasteiger partial charge in [-0.25, -0.2) is 4.98 Å². The molecule has 0 radical (unpaired) electrons. The second kappa shape index (κ2) is 6.54. The molecule has 0 atom stereocenters. The summed E-state index contributed by atoms with van der Waals surface area (Å²) in [6.07, 6.45) is 0. The molecule has 0 fully saturated rings. The first-order chi connectivity index (χ1) is 15.1. The van der Waals surface area contributed by atoms with E-state index in [2.05, 4.69) is 71.1 Å². The minimum absolute atomic E-state index is 0.862. The van der Waals surface area contributed by atoms with Crippen LogP contribution in [0.3, 0.4) is 0 Å². The van der Waals surface area contributed by atoms with Crippen LogP contribution in [0.15, 0.2) is 77.2 Å². The fraction of sp³-hybridized carbons (Fsp3) is 0.111. The summed E-state index contributed by atoms with van der Waals surface area (Å²) >= 11 is 0. The molecule has 0 bridgehead atoms. The molecule has 0 unspecified atom stereocenters. The Morgan fingerprint density at radius 1 is 0.806 bits per heavy atom. The number of benzene rings is 3. The van der Waals surface area contributed by atoms with Gasteiger partial charge in [-0.15, -0.1) is 0 Å². The third kappa shape index (κ3) is 2.61. The molecule has 3 aromatic carbocycles. The van der Waals surface area contributed by atoms with Gasteiger partial charge < -0.3 is 4.42 Å². The average molecular weight is 403 g/mol. The predicted octanol–water partition coefficient (Wildman–Crippen LogP) is 6.91. The van der Waals surface area contributed by atoms with Gasteiger partial charge >= 0.3 is 0 Å². The molecular formula is C27H21N3O. The van der Waals surface area contributed by atoms with Crippen LogP contribution in [0.5, 0.6) is 0 Å². The van der Waals surface area contributed by atoms with Gasteiger partial charge in [0.15, 0.2) is 0 Å². The van der Waals surface area contributed by atoms with Crippen LogP contribution in [0.4, 0.5) is 0 Å². The summed E-state index contributed by atoms with van der Waals surface area (Å²) < 4.78 is 8.61. The molecular weight excluding hydrogens is 382 g/mol. The van der Waals surface area contributed by atoms with Crippen molar-refractivity contribution in [3.63, 3.8) is 0 Å². The molecule has 6 rings (SSSR count). The van der Waals surface area contributed by atoms with Gasteiger partial charge in [-0.1, -0.05) is 42.5 Å². The Kier molecular flexibility index (Phi) is 3.78. The van der Waals surface area contributed by atoms with Gasteiger partial charge in [-0.3, -0.25) is 9.55 Å². The number of aryl methyl sites for hydroxylation is 3. The number of imidazole rings is 1. The average Bonchev–Trinajstić information content (AvgIpc) is 3.34. The molecule has 0 N–H and O–H groups in total. The Bertz CT molecular complexity index is 1610. The first-order valence-corrected chi connectivity index (χ1v) is 10.4. The lowest BCUT2D eigenvalue weighted by molar-refractivity contribution is 0.669. The van der Waals surface area contributed by atoms with Gasteiger partial charge in [0.25, 0.3) is 0 Å². The highest BCUT2D eigenvalue weighted by atomic mass is 16.3. The van der Waals surface area contributed by atoms with Crippen LogP contribution < -0.4 is 0 Å². The van der Waals surface area contributed by atoms with Crippen LogP contribution in [0, 0.1) is 20.8 Å². The minimum atomic E-state index is 0.862. The standard InChI is InChI=1S/C27H21N3O/c1-16-13-14-21(26-24(16)20-11-7-8-12-23(20)31-26)27-29-25-18(3)28-17(2)15-22(25)30(27)19-9-5-4-6-10-19/h4-15H,1-3H3. The highest BCUT2D eigenvalue weighted by molar-refractivity contribution is 6.11. The second-order valence-electron chi connectivity index (χ2n) is 8.06. The lowest BCUT2D eigenvalue weighted by atomic mass is 10.0. The first-order valence-electron chi connectivity index (χ1n) is 10.4. The number of nitrogens with zero attached hydrogens (tertiary/aromatic N) is 3. The Morgan fingerprint density at radius 3 is 2.42 bits per heavy atom. The molecule has 0 spiro atoms. The van der Waals surface area contributed by atoms with Gasteiger partial charge in [-0.2, -0.15) is 0 Å². The second-order valence-corrected chi connectivity index (χ2v) is 8.06. The van der Waals surface area contributed by atoms with Crippen molar-refractivity contribution >= 4 is 33.0 Å². The Hall–Kier alpha value is -3.92. The van der Waals surface area contributed by atoms with Gasteiger partial charge in [0.1, 0.15) is 22.5 Å². The van der Waals surface area contributed by atoms with E-state index in [0.717, 1.165) is 61.4 Å². The maximum absolute atomic E-state index is 6.39. The smallest absolute Gasteiger partial charge is 0.149 e. The topological polar surface area (TPSA) is 43.9 Å². The maximum Gasteiger partial charge on any atom is 0.149 e. The van der Waals surface area contributed by atoms with E-state index in [4.69, 9.17) is 9.40 Å². The molecule has 0 amide bonds. The quantitative estimate of drug-likeness (QED) is 0.315. The van der Waals surface area contributed by atoms with Crippen LogP contribution >= 0.6 is 0 Å². The van der Waals surface area contributed by atoms with Crippen molar-refractivity contribution in [2.75, 3.05) is 0 Å². The van der Waals surface area contributed by atoms with E-state index >= 15 is 0 Å². The third-order valence-corrected chi connectivity index (χ3v) is 5.94. The first kappa shape index (κ1) is 17.9. The van der Waals surface area contributed by atoms with E-state index in [9.17, 15) is 0 Å². The number of hydrogen-bond acceptors (Lipinski definition) is 3. The summed E-state index contributed by atoms with van der Waals surface area (Å²) in [6.45, 7) is 6.18. The fourth-order valence-corrected chi connectivity index (χ4v) is 4.57. The van der Waals surface area contributed by atoms with E-state index in [1.165, 1.54) is 5.56 Å². The summed E-state index contributed by atoms with van der Waals surface area (Å²) in [4.78, 5) is 9.75. The molecule has 0 aliphatic carbocycles. The lowest BCUT2D eigenvalue weighted by Crippen LogP contribution is -1.98. The highest BCUT2D eigenvalue weighted by Crippen LogP contribution is 2.39. The van der Waals surface area contributed by atoms with Crippen LogP contribution in [0.1, 0.15) is 17.0 Å². The molecule has 0 aliphatic heterocycles. The number of hydrogen-bond donors (Lipinski definition) is 0. The van der Waals surface area contributed by atoms with Crippen molar-refractivity contribution < 1.29 is 4.42 Å². The fourth-order valence-electron chi connectivity index (χ4n) is 4.57. The summed E-state index contributed by atoms with van der Waals surface area (Å²) in [5.74, 6) is 0.862. The molecule has 31 heavy (non-hydrogen) atoms. The molecule has 3 aromatic heterocycles. The van der Waals surface area contributed by atoms with Crippen molar-refractivity contribution in [3.05, 3.63) is 89.7 Å². The number of pyridine rings is 1. The lowest BCUT2D eigenvalue weighted by Gasteiger charge is -2.11. The van der Waals surface area contributed by atoms with Crippen molar-refractivity contribution in [3.8, 4) is 17.1 Å². The number of fused-ring (bicyclic) bond motifs is 4. The summed E-state index contributed by atoms with van der Waals surface area (Å²) in [5, 5.41) is 2.28. The van der Waals surface area contributed by atoms with Crippen LogP contribution in [-0.4, -0.2) is 14.5 Å². The monoisotopic (exact) mass is 403 g/mol. The van der Waals surface area contributed by atoms with Crippen LogP contribution in [0.2, 0.25) is 0 Å². The zero-order valence-corrected chi connectivity index (χ0v) is 17.7. The minimum Gasteiger partial charge on any atom is -0.455 e. The Labute approximate surface area is 179 Å². The van der Waals surface area contributed by atoms with E-state index in [-0.39, 0.29) is 0 Å². The normalized spacial score (nSPS) is 11.7. The van der Waals surface area contributed by atoms with E-state index in [1.54, 1.807) is 0 Å². The van der Waals surface area contributed by atoms with Gasteiger partial charge in [0, 0.05) is 22.2 Å². The van der Waals surface area contributed by atoms with Crippen molar-refractivity contribution in [1.29, 1.82) is 0 Å². The summed E-state index contributed by atoms with van der Waals surface area (Å²) in [7, 11) is 0. The van der Waals surface area contributed by atoms with E-state index in [1.807, 2.05) is 32.0 Å². The van der Waals surface area contributed by atoms with E-state index in [0.29, 0.717) is 0 Å². The molecule has 0 saturated carbocycles. The Morgan fingerprint density at radius 2 is 1.58 bits per heavy atom. The van der Waals surface area contributed by atoms with Gasteiger partial charge in [0.05, 0.1) is 16.8 Å². The number of furan rings is 1. The molecule has 150 valence electrons.